The summed E-state index contributed by atoms with van der Waals surface area (Å²) in [5, 5.41) is 0.125. The second-order valence-electron chi connectivity index (χ2n) is 5.43. The summed E-state index contributed by atoms with van der Waals surface area (Å²) in [4.78, 5) is 14.1. The first kappa shape index (κ1) is 16.8. The second-order valence-corrected chi connectivity index (χ2v) is 7.32. The van der Waals surface area contributed by atoms with Gasteiger partial charge in [-0.2, -0.15) is 12.6 Å². The zero-order valence-electron chi connectivity index (χ0n) is 12.0. The summed E-state index contributed by atoms with van der Waals surface area (Å²) in [6, 6.07) is 7.85. The van der Waals surface area contributed by atoms with Gasteiger partial charge in [-0.1, -0.05) is 41.9 Å². The highest BCUT2D eigenvalue weighted by molar-refractivity contribution is 9.10. The van der Waals surface area contributed by atoms with E-state index >= 15 is 0 Å². The van der Waals surface area contributed by atoms with E-state index in [-0.39, 0.29) is 22.4 Å². The molecule has 1 aromatic rings. The molecule has 1 aliphatic rings. The Morgan fingerprint density at radius 3 is 2.90 bits per heavy atom. The first-order valence-corrected chi connectivity index (χ1v) is 8.54. The van der Waals surface area contributed by atoms with Crippen LogP contribution in [-0.4, -0.2) is 28.6 Å². The number of hydrogen-bond donors (Lipinski definition) is 1. The van der Waals surface area contributed by atoms with Crippen molar-refractivity contribution in [1.29, 1.82) is 0 Å². The summed E-state index contributed by atoms with van der Waals surface area (Å²) in [7, 11) is 0. The van der Waals surface area contributed by atoms with E-state index in [0.717, 1.165) is 10.0 Å². The second kappa shape index (κ2) is 7.11. The number of halogens is 1. The summed E-state index contributed by atoms with van der Waals surface area (Å²) < 4.78 is 6.35. The van der Waals surface area contributed by atoms with Crippen LogP contribution in [0.25, 0.3) is 0 Å². The first-order chi connectivity index (χ1) is 9.90. The largest absolute Gasteiger partial charge is 0.468 e. The zero-order chi connectivity index (χ0) is 15.6. The molecule has 1 aromatic carbocycles. The average Bonchev–Trinajstić information content (AvgIpc) is 2.80. The van der Waals surface area contributed by atoms with Gasteiger partial charge >= 0.3 is 0 Å². The van der Waals surface area contributed by atoms with Crippen LogP contribution in [0.2, 0.25) is 0 Å². The maximum absolute atomic E-state index is 12.5. The normalized spacial score (nSPS) is 19.8. The van der Waals surface area contributed by atoms with Gasteiger partial charge < -0.3 is 4.74 Å². The van der Waals surface area contributed by atoms with Gasteiger partial charge in [-0.15, -0.1) is 0 Å². The van der Waals surface area contributed by atoms with Crippen LogP contribution in [0.1, 0.15) is 31.1 Å². The minimum absolute atomic E-state index is 0.0213. The van der Waals surface area contributed by atoms with Crippen LogP contribution in [0.3, 0.4) is 0 Å². The van der Waals surface area contributed by atoms with Crippen LogP contribution in [0.15, 0.2) is 28.7 Å². The van der Waals surface area contributed by atoms with E-state index < -0.39 is 0 Å². The van der Waals surface area contributed by atoms with Crippen molar-refractivity contribution in [2.24, 2.45) is 5.92 Å². The maximum atomic E-state index is 12.5. The highest BCUT2D eigenvalue weighted by atomic mass is 79.9. The zero-order valence-corrected chi connectivity index (χ0v) is 15.2. The highest BCUT2D eigenvalue weighted by Gasteiger charge is 2.37. The third-order valence-corrected chi connectivity index (χ3v) is 4.83. The molecule has 0 radical (unpaired) electrons. The highest BCUT2D eigenvalue weighted by Crippen LogP contribution is 2.29. The minimum atomic E-state index is -0.161. The number of benzene rings is 1. The van der Waals surface area contributed by atoms with E-state index in [1.165, 1.54) is 0 Å². The summed E-state index contributed by atoms with van der Waals surface area (Å²) >= 11 is 13.1. The molecule has 114 valence electrons. The number of carbonyl (C=O) groups excluding carboxylic acids is 1. The van der Waals surface area contributed by atoms with Crippen LogP contribution in [0.4, 0.5) is 0 Å². The molecule has 0 aliphatic carbocycles. The van der Waals surface area contributed by atoms with Crippen molar-refractivity contribution in [3.05, 3.63) is 34.3 Å². The van der Waals surface area contributed by atoms with Crippen LogP contribution < -0.4 is 0 Å². The smallest absolute Gasteiger partial charge is 0.266 e. The van der Waals surface area contributed by atoms with Gasteiger partial charge in [-0.05, 0) is 35.8 Å². The average molecular weight is 388 g/mol. The number of hydrogen-bond acceptors (Lipinski definition) is 4. The third kappa shape index (κ3) is 3.99. The Kier molecular flexibility index (Phi) is 5.68. The molecule has 21 heavy (non-hydrogen) atoms. The van der Waals surface area contributed by atoms with Crippen molar-refractivity contribution in [2.45, 2.75) is 31.6 Å². The lowest BCUT2D eigenvalue weighted by molar-refractivity contribution is -0.128. The molecule has 0 unspecified atom stereocenters. The molecule has 2 rings (SSSR count). The summed E-state index contributed by atoms with van der Waals surface area (Å²) in [5.74, 6) is 0.273. The Labute approximate surface area is 144 Å². The number of carbonyl (C=O) groups is 1. The maximum Gasteiger partial charge on any atom is 0.266 e. The Morgan fingerprint density at radius 1 is 1.57 bits per heavy atom. The number of nitrogens with zero attached hydrogens (tertiary/aromatic N) is 1. The molecule has 0 aromatic heterocycles. The first-order valence-electron chi connectivity index (χ1n) is 6.82. The topological polar surface area (TPSA) is 29.5 Å². The van der Waals surface area contributed by atoms with Gasteiger partial charge in [0.2, 0.25) is 5.91 Å². The van der Waals surface area contributed by atoms with Gasteiger partial charge in [0.1, 0.15) is 6.61 Å². The van der Waals surface area contributed by atoms with E-state index in [0.29, 0.717) is 18.9 Å². The molecule has 0 saturated carbocycles. The molecule has 1 amide bonds. The Morgan fingerprint density at radius 2 is 2.29 bits per heavy atom. The van der Waals surface area contributed by atoms with Crippen molar-refractivity contribution in [3.63, 3.8) is 0 Å². The fraction of sp³-hybridized carbons (Fsp3) is 0.467. The van der Waals surface area contributed by atoms with E-state index in [1.54, 1.807) is 4.90 Å². The fourth-order valence-corrected chi connectivity index (χ4v) is 3.35. The molecule has 1 heterocycles. The van der Waals surface area contributed by atoms with Gasteiger partial charge in [-0.3, -0.25) is 9.69 Å². The molecule has 0 spiro atoms. The van der Waals surface area contributed by atoms with Gasteiger partial charge in [0.25, 0.3) is 5.17 Å². The summed E-state index contributed by atoms with van der Waals surface area (Å²) in [5.41, 5.74) is 1.01. The molecule has 6 heteroatoms. The van der Waals surface area contributed by atoms with Crippen molar-refractivity contribution < 1.29 is 9.53 Å². The van der Waals surface area contributed by atoms with Gasteiger partial charge in [0, 0.05) is 16.1 Å². The van der Waals surface area contributed by atoms with Crippen molar-refractivity contribution in [2.75, 3.05) is 6.61 Å². The number of thiol groups is 1. The monoisotopic (exact) mass is 387 g/mol. The van der Waals surface area contributed by atoms with E-state index in [9.17, 15) is 4.79 Å². The third-order valence-electron chi connectivity index (χ3n) is 3.55. The lowest BCUT2D eigenvalue weighted by Gasteiger charge is -2.25. The van der Waals surface area contributed by atoms with Crippen LogP contribution >= 0.6 is 40.8 Å². The Bertz CT molecular complexity index is 550. The predicted molar refractivity (Wildman–Crippen MR) is 94.5 cm³/mol. The summed E-state index contributed by atoms with van der Waals surface area (Å²) in [6.07, 6.45) is 0.298. The molecule has 0 N–H and O–H groups in total. The van der Waals surface area contributed by atoms with Crippen molar-refractivity contribution >= 4 is 51.9 Å². The molecule has 3 nitrogen and oxygen atoms in total. The molecular formula is C15H18BrNO2S2. The van der Waals surface area contributed by atoms with E-state index in [1.807, 2.05) is 24.3 Å². The molecular weight excluding hydrogens is 370 g/mol. The number of amides is 1. The van der Waals surface area contributed by atoms with Crippen molar-refractivity contribution in [1.82, 2.24) is 4.90 Å². The standard InChI is InChI=1S/C15H18BrNO2S2/c1-9(2)12-8-19-15(21)17(12)14(18)7-13(20)10-4-3-5-11(16)6-10/h3-6,9,12-13,20H,7-8H2,1-2H3/t12-,13+/m1/s1. The molecule has 1 aliphatic heterocycles. The van der Waals surface area contributed by atoms with E-state index in [2.05, 4.69) is 42.4 Å². The van der Waals surface area contributed by atoms with Crippen molar-refractivity contribution in [3.8, 4) is 0 Å². The fourth-order valence-electron chi connectivity index (χ4n) is 2.31. The van der Waals surface area contributed by atoms with Crippen LogP contribution in [0, 0.1) is 5.92 Å². The molecule has 0 bridgehead atoms. The van der Waals surface area contributed by atoms with Gasteiger partial charge in [-0.25, -0.2) is 0 Å². The lowest BCUT2D eigenvalue weighted by Crippen LogP contribution is -2.41. The number of ether oxygens (including phenoxy) is 1. The van der Waals surface area contributed by atoms with Crippen LogP contribution in [-0.2, 0) is 9.53 Å². The molecule has 1 saturated heterocycles. The lowest BCUT2D eigenvalue weighted by atomic mass is 10.0. The minimum Gasteiger partial charge on any atom is -0.468 e. The molecule has 1 fully saturated rings. The Balaban J connectivity index is 2.08. The SMILES string of the molecule is CC(C)[C@H]1COC(=S)N1C(=O)C[C@H](S)c1cccc(Br)c1. The van der Waals surface area contributed by atoms with Crippen LogP contribution in [0.5, 0.6) is 0 Å². The number of thiocarbonyl (C=S) groups is 1. The van der Waals surface area contributed by atoms with E-state index in [4.69, 9.17) is 17.0 Å². The summed E-state index contributed by atoms with van der Waals surface area (Å²) in [6.45, 7) is 4.61. The predicted octanol–water partition coefficient (Wildman–Crippen LogP) is 3.98. The van der Waals surface area contributed by atoms with Gasteiger partial charge in [0.05, 0.1) is 6.04 Å². The molecule has 2 atom stereocenters. The quantitative estimate of drug-likeness (QED) is 0.625. The number of rotatable bonds is 4. The Hall–Kier alpha value is -0.590. The van der Waals surface area contributed by atoms with Gasteiger partial charge in [0.15, 0.2) is 0 Å².